The predicted octanol–water partition coefficient (Wildman–Crippen LogP) is 9.61. The van der Waals surface area contributed by atoms with Crippen LogP contribution >= 0.6 is 22.7 Å². The Hall–Kier alpha value is -5.74. The number of hydrogen-bond donors (Lipinski definition) is 1. The normalized spacial score (nSPS) is 11.4. The van der Waals surface area contributed by atoms with Crippen LogP contribution in [0.5, 0.6) is 0 Å². The van der Waals surface area contributed by atoms with Gasteiger partial charge < -0.3 is 14.7 Å². The van der Waals surface area contributed by atoms with Gasteiger partial charge in [0, 0.05) is 42.6 Å². The summed E-state index contributed by atoms with van der Waals surface area (Å²) in [6, 6.07) is 32.4. The van der Waals surface area contributed by atoms with Gasteiger partial charge in [0.25, 0.3) is 12.2 Å². The van der Waals surface area contributed by atoms with E-state index in [1.54, 1.807) is 0 Å². The van der Waals surface area contributed by atoms with E-state index >= 15 is 0 Å². The lowest BCUT2D eigenvalue weighted by molar-refractivity contribution is -0.132. The highest BCUT2D eigenvalue weighted by Crippen LogP contribution is 2.39. The maximum absolute atomic E-state index is 11.3. The number of ether oxygens (including phenoxy) is 1. The first-order valence-corrected chi connectivity index (χ1v) is 15.3. The SMILES string of the molecule is [C-]#[N+]/C(=C\c1cc(C)c(-c2ccc(N(c3ccc(C)cc3)c3ccc(-c4ccc(/C=C(\C#N)OC=O)s4)cc3)cc2)s1)C(=O)O. The Labute approximate surface area is 268 Å². The van der Waals surface area contributed by atoms with Crippen LogP contribution in [0.1, 0.15) is 20.9 Å². The van der Waals surface area contributed by atoms with Gasteiger partial charge in [-0.25, -0.2) is 4.85 Å². The maximum atomic E-state index is 11.3. The number of nitrogens with zero attached hydrogens (tertiary/aromatic N) is 3. The zero-order chi connectivity index (χ0) is 31.9. The molecule has 7 nitrogen and oxygen atoms in total. The van der Waals surface area contributed by atoms with Crippen molar-refractivity contribution in [2.45, 2.75) is 13.8 Å². The minimum absolute atomic E-state index is 0.0626. The molecule has 0 aliphatic carbocycles. The first-order chi connectivity index (χ1) is 21.8. The fourth-order valence-corrected chi connectivity index (χ4v) is 6.74. The third-order valence-electron chi connectivity index (χ3n) is 6.83. The molecule has 2 heterocycles. The van der Waals surface area contributed by atoms with Crippen LogP contribution in [-0.4, -0.2) is 17.5 Å². The van der Waals surface area contributed by atoms with Gasteiger partial charge in [-0.3, -0.25) is 9.59 Å². The summed E-state index contributed by atoms with van der Waals surface area (Å²) in [5.41, 5.74) is 6.81. The van der Waals surface area contributed by atoms with E-state index < -0.39 is 5.97 Å². The molecule has 3 aromatic carbocycles. The molecule has 0 fully saturated rings. The van der Waals surface area contributed by atoms with Gasteiger partial charge in [0.15, 0.2) is 0 Å². The smallest absolute Gasteiger partial charge is 0.333 e. The molecule has 0 atom stereocenters. The summed E-state index contributed by atoms with van der Waals surface area (Å²) in [7, 11) is 0. The number of benzene rings is 3. The van der Waals surface area contributed by atoms with Gasteiger partial charge in [0.1, 0.15) is 6.07 Å². The minimum atomic E-state index is -1.24. The highest BCUT2D eigenvalue weighted by Gasteiger charge is 2.15. The van der Waals surface area contributed by atoms with Crippen molar-refractivity contribution in [2.24, 2.45) is 0 Å². The summed E-state index contributed by atoms with van der Waals surface area (Å²) in [6.07, 6.45) is 2.95. The van der Waals surface area contributed by atoms with Crippen LogP contribution in [0.4, 0.5) is 17.1 Å². The van der Waals surface area contributed by atoms with Crippen LogP contribution in [0.2, 0.25) is 0 Å². The van der Waals surface area contributed by atoms with Crippen molar-refractivity contribution in [1.82, 2.24) is 0 Å². The molecule has 0 aliphatic heterocycles. The molecule has 0 spiro atoms. The summed E-state index contributed by atoms with van der Waals surface area (Å²) in [4.78, 5) is 30.7. The number of carbonyl (C=O) groups is 2. The van der Waals surface area contributed by atoms with Crippen molar-refractivity contribution in [3.05, 3.63) is 135 Å². The Morgan fingerprint density at radius 2 is 1.47 bits per heavy atom. The summed E-state index contributed by atoms with van der Waals surface area (Å²) >= 11 is 2.94. The number of carboxylic acid groups (broad SMARTS) is 1. The second-order valence-corrected chi connectivity index (χ2v) is 12.1. The molecule has 0 amide bonds. The number of carbonyl (C=O) groups excluding carboxylic acids is 1. The Kier molecular flexibility index (Phi) is 9.35. The highest BCUT2D eigenvalue weighted by atomic mass is 32.1. The van der Waals surface area contributed by atoms with E-state index in [0.29, 0.717) is 0 Å². The van der Waals surface area contributed by atoms with Gasteiger partial charge in [-0.2, -0.15) is 5.26 Å². The predicted molar refractivity (Wildman–Crippen MR) is 180 cm³/mol. The molecule has 0 bridgehead atoms. The molecular formula is C36H25N3O4S2. The summed E-state index contributed by atoms with van der Waals surface area (Å²) in [5.74, 6) is -1.30. The number of allylic oxidation sites excluding steroid dienone is 1. The van der Waals surface area contributed by atoms with E-state index in [0.717, 1.165) is 58.8 Å². The first kappa shape index (κ1) is 30.7. The van der Waals surface area contributed by atoms with E-state index in [4.69, 9.17) is 16.6 Å². The quantitative estimate of drug-likeness (QED) is 0.0545. The van der Waals surface area contributed by atoms with Crippen molar-refractivity contribution in [3.8, 4) is 27.0 Å². The van der Waals surface area contributed by atoms with Gasteiger partial charge >= 0.3 is 5.97 Å². The molecule has 220 valence electrons. The van der Waals surface area contributed by atoms with Gasteiger partial charge in [-0.05, 0) is 91.2 Å². The average Bonchev–Trinajstić information content (AvgIpc) is 3.67. The molecule has 0 unspecified atom stereocenters. The molecule has 5 aromatic rings. The largest absolute Gasteiger partial charge is 0.486 e. The van der Waals surface area contributed by atoms with Gasteiger partial charge in [-0.15, -0.1) is 22.7 Å². The number of aliphatic carboxylic acids is 1. The lowest BCUT2D eigenvalue weighted by Gasteiger charge is -2.26. The number of thiophene rings is 2. The van der Waals surface area contributed by atoms with Crippen molar-refractivity contribution in [2.75, 3.05) is 4.90 Å². The number of nitriles is 1. The number of rotatable bonds is 10. The lowest BCUT2D eigenvalue weighted by Crippen LogP contribution is -2.09. The number of anilines is 3. The molecule has 45 heavy (non-hydrogen) atoms. The third kappa shape index (κ3) is 7.09. The van der Waals surface area contributed by atoms with Gasteiger partial charge in [-0.1, -0.05) is 42.0 Å². The maximum Gasteiger partial charge on any atom is 0.333 e. The lowest BCUT2D eigenvalue weighted by atomic mass is 10.1. The van der Waals surface area contributed by atoms with E-state index in [1.165, 1.54) is 34.8 Å². The standard InChI is InChI=1S/C36H25N3O4S2/c1-23-4-10-27(11-5-23)39(28-12-6-25(7-13-28)34-17-16-31(44-34)19-30(21-37)43-22-40)29-14-8-26(9-15-29)35-24(2)18-32(45-35)20-33(38-3)36(41)42/h4-20,22H,1-2H3,(H,41,42)/b30-19+,33-20-. The molecular weight excluding hydrogens is 603 g/mol. The summed E-state index contributed by atoms with van der Waals surface area (Å²) in [6.45, 7) is 11.4. The van der Waals surface area contributed by atoms with Crippen LogP contribution in [0.3, 0.4) is 0 Å². The highest BCUT2D eigenvalue weighted by molar-refractivity contribution is 7.16. The topological polar surface area (TPSA) is 95.0 Å². The van der Waals surface area contributed by atoms with Crippen LogP contribution in [0.15, 0.2) is 102 Å². The van der Waals surface area contributed by atoms with Crippen molar-refractivity contribution >= 4 is 64.3 Å². The summed E-state index contributed by atoms with van der Waals surface area (Å²) < 4.78 is 4.70. The molecule has 5 rings (SSSR count). The van der Waals surface area contributed by atoms with Crippen LogP contribution in [0, 0.1) is 31.8 Å². The van der Waals surface area contributed by atoms with Gasteiger partial charge in [0.05, 0.1) is 6.57 Å². The zero-order valence-corrected chi connectivity index (χ0v) is 25.9. The van der Waals surface area contributed by atoms with Gasteiger partial charge in [0.2, 0.25) is 5.76 Å². The minimum Gasteiger partial charge on any atom is -0.486 e. The van der Waals surface area contributed by atoms with E-state index in [2.05, 4.69) is 89.5 Å². The van der Waals surface area contributed by atoms with E-state index in [1.807, 2.05) is 31.2 Å². The zero-order valence-electron chi connectivity index (χ0n) is 24.2. The molecule has 0 aliphatic rings. The Bertz CT molecular complexity index is 2000. The molecule has 0 saturated heterocycles. The monoisotopic (exact) mass is 627 g/mol. The van der Waals surface area contributed by atoms with E-state index in [-0.39, 0.29) is 17.9 Å². The Morgan fingerprint density at radius 3 is 2.02 bits per heavy atom. The van der Waals surface area contributed by atoms with Crippen LogP contribution in [-0.2, 0) is 14.3 Å². The first-order valence-electron chi connectivity index (χ1n) is 13.6. The number of aryl methyl sites for hydroxylation is 2. The van der Waals surface area contributed by atoms with Crippen LogP contribution in [0.25, 0.3) is 37.9 Å². The Morgan fingerprint density at radius 1 is 0.867 bits per heavy atom. The third-order valence-corrected chi connectivity index (χ3v) is 9.15. The second-order valence-electron chi connectivity index (χ2n) is 9.91. The van der Waals surface area contributed by atoms with E-state index in [9.17, 15) is 14.7 Å². The average molecular weight is 628 g/mol. The second kappa shape index (κ2) is 13.7. The molecule has 9 heteroatoms. The van der Waals surface area contributed by atoms with Crippen LogP contribution < -0.4 is 4.90 Å². The van der Waals surface area contributed by atoms with Crippen molar-refractivity contribution < 1.29 is 19.4 Å². The number of hydrogen-bond acceptors (Lipinski definition) is 7. The fraction of sp³-hybridized carbons (Fsp3) is 0.0556. The Balaban J connectivity index is 1.46. The molecule has 1 N–H and O–H groups in total. The molecule has 0 saturated carbocycles. The van der Waals surface area contributed by atoms with Crippen molar-refractivity contribution in [1.29, 1.82) is 5.26 Å². The number of carboxylic acids is 1. The molecule has 0 radical (unpaired) electrons. The fourth-order valence-electron chi connectivity index (χ4n) is 4.68. The molecule has 2 aromatic heterocycles. The summed E-state index contributed by atoms with van der Waals surface area (Å²) in [5, 5.41) is 18.4. The van der Waals surface area contributed by atoms with Crippen molar-refractivity contribution in [3.63, 3.8) is 0 Å².